The lowest BCUT2D eigenvalue weighted by molar-refractivity contribution is 0.222. The van der Waals surface area contributed by atoms with Gasteiger partial charge in [-0.1, -0.05) is 26.0 Å². The van der Waals surface area contributed by atoms with Crippen molar-refractivity contribution in [2.24, 2.45) is 5.41 Å². The van der Waals surface area contributed by atoms with Crippen LogP contribution in [0.2, 0.25) is 0 Å². The Morgan fingerprint density at radius 2 is 1.74 bits per heavy atom. The minimum Gasteiger partial charge on any atom is -0.372 e. The van der Waals surface area contributed by atoms with Crippen LogP contribution >= 0.6 is 0 Å². The van der Waals surface area contributed by atoms with Gasteiger partial charge in [-0.25, -0.2) is 0 Å². The van der Waals surface area contributed by atoms with E-state index in [-0.39, 0.29) is 0 Å². The molecule has 1 aromatic carbocycles. The first-order valence-corrected chi connectivity index (χ1v) is 7.48. The SMILES string of the molecule is CNCc1ccc(N(C)C2CCC(C)(C)CC2)cc1. The first-order valence-electron chi connectivity index (χ1n) is 7.48. The van der Waals surface area contributed by atoms with Crippen molar-refractivity contribution in [3.8, 4) is 0 Å². The van der Waals surface area contributed by atoms with Crippen LogP contribution in [0.3, 0.4) is 0 Å². The maximum atomic E-state index is 3.19. The molecule has 0 heterocycles. The van der Waals surface area contributed by atoms with Crippen LogP contribution in [-0.2, 0) is 6.54 Å². The van der Waals surface area contributed by atoms with E-state index in [1.54, 1.807) is 0 Å². The second kappa shape index (κ2) is 5.96. The molecule has 0 amide bonds. The van der Waals surface area contributed by atoms with Crippen LogP contribution in [0.4, 0.5) is 5.69 Å². The predicted octanol–water partition coefficient (Wildman–Crippen LogP) is 3.81. The number of hydrogen-bond acceptors (Lipinski definition) is 2. The van der Waals surface area contributed by atoms with E-state index >= 15 is 0 Å². The van der Waals surface area contributed by atoms with E-state index in [1.165, 1.54) is 36.9 Å². The van der Waals surface area contributed by atoms with Crippen molar-refractivity contribution in [1.29, 1.82) is 0 Å². The molecule has 0 unspecified atom stereocenters. The summed E-state index contributed by atoms with van der Waals surface area (Å²) in [6.07, 6.45) is 5.34. The summed E-state index contributed by atoms with van der Waals surface area (Å²) in [6.45, 7) is 5.74. The standard InChI is InChI=1S/C17H28N2/c1-17(2)11-9-16(10-12-17)19(4)15-7-5-14(6-8-15)13-18-3/h5-8,16,18H,9-13H2,1-4H3. The third-order valence-electron chi connectivity index (χ3n) is 4.58. The highest BCUT2D eigenvalue weighted by Crippen LogP contribution is 2.37. The molecule has 1 aromatic rings. The number of benzene rings is 1. The summed E-state index contributed by atoms with van der Waals surface area (Å²) in [5.74, 6) is 0. The summed E-state index contributed by atoms with van der Waals surface area (Å²) in [4.78, 5) is 2.47. The molecule has 0 aromatic heterocycles. The molecule has 2 nitrogen and oxygen atoms in total. The van der Waals surface area contributed by atoms with Crippen molar-refractivity contribution in [2.75, 3.05) is 19.0 Å². The Morgan fingerprint density at radius 1 is 1.16 bits per heavy atom. The van der Waals surface area contributed by atoms with Crippen LogP contribution in [0.5, 0.6) is 0 Å². The molecule has 1 fully saturated rings. The second-order valence-electron chi connectivity index (χ2n) is 6.70. The van der Waals surface area contributed by atoms with Crippen molar-refractivity contribution in [2.45, 2.75) is 52.1 Å². The highest BCUT2D eigenvalue weighted by atomic mass is 15.1. The lowest BCUT2D eigenvalue weighted by Crippen LogP contribution is -2.37. The van der Waals surface area contributed by atoms with E-state index in [0.717, 1.165) is 6.54 Å². The molecule has 1 N–H and O–H groups in total. The highest BCUT2D eigenvalue weighted by molar-refractivity contribution is 5.48. The van der Waals surface area contributed by atoms with Gasteiger partial charge in [0.2, 0.25) is 0 Å². The topological polar surface area (TPSA) is 15.3 Å². The summed E-state index contributed by atoms with van der Waals surface area (Å²) in [7, 11) is 4.24. The van der Waals surface area contributed by atoms with E-state index < -0.39 is 0 Å². The third-order valence-corrected chi connectivity index (χ3v) is 4.58. The zero-order chi connectivity index (χ0) is 13.9. The molecule has 19 heavy (non-hydrogen) atoms. The number of rotatable bonds is 4. The maximum Gasteiger partial charge on any atom is 0.0366 e. The van der Waals surface area contributed by atoms with Gasteiger partial charge in [-0.15, -0.1) is 0 Å². The number of hydrogen-bond donors (Lipinski definition) is 1. The van der Waals surface area contributed by atoms with Gasteiger partial charge in [0.1, 0.15) is 0 Å². The van der Waals surface area contributed by atoms with Crippen LogP contribution in [0.1, 0.15) is 45.1 Å². The average molecular weight is 260 g/mol. The fourth-order valence-corrected chi connectivity index (χ4v) is 3.04. The van der Waals surface area contributed by atoms with Crippen molar-refractivity contribution < 1.29 is 0 Å². The van der Waals surface area contributed by atoms with Gasteiger partial charge in [-0.2, -0.15) is 0 Å². The number of nitrogens with zero attached hydrogens (tertiary/aromatic N) is 1. The van der Waals surface area contributed by atoms with Gasteiger partial charge < -0.3 is 10.2 Å². The molecule has 0 aliphatic heterocycles. The van der Waals surface area contributed by atoms with Gasteiger partial charge in [0.25, 0.3) is 0 Å². The van der Waals surface area contributed by atoms with Crippen LogP contribution in [0.25, 0.3) is 0 Å². The van der Waals surface area contributed by atoms with E-state index in [2.05, 4.69) is 55.4 Å². The molecule has 106 valence electrons. The third kappa shape index (κ3) is 3.73. The Morgan fingerprint density at radius 3 is 2.26 bits per heavy atom. The largest absolute Gasteiger partial charge is 0.372 e. The highest BCUT2D eigenvalue weighted by Gasteiger charge is 2.28. The van der Waals surface area contributed by atoms with E-state index in [9.17, 15) is 0 Å². The first kappa shape index (κ1) is 14.4. The van der Waals surface area contributed by atoms with Gasteiger partial charge in [0, 0.05) is 25.3 Å². The molecule has 2 rings (SSSR count). The Labute approximate surface area is 118 Å². The van der Waals surface area contributed by atoms with Crippen molar-refractivity contribution >= 4 is 5.69 Å². The first-order chi connectivity index (χ1) is 9.02. The molecule has 0 spiro atoms. The zero-order valence-electron chi connectivity index (χ0n) is 12.9. The normalized spacial score (nSPS) is 19.4. The minimum atomic E-state index is 0.550. The molecule has 2 heteroatoms. The second-order valence-corrected chi connectivity index (χ2v) is 6.70. The number of anilines is 1. The van der Waals surface area contributed by atoms with Gasteiger partial charge in [0.05, 0.1) is 0 Å². The smallest absolute Gasteiger partial charge is 0.0366 e. The minimum absolute atomic E-state index is 0.550. The molecular weight excluding hydrogens is 232 g/mol. The van der Waals surface area contributed by atoms with Crippen LogP contribution in [0, 0.1) is 5.41 Å². The molecule has 0 saturated heterocycles. The molecular formula is C17H28N2. The van der Waals surface area contributed by atoms with E-state index in [4.69, 9.17) is 0 Å². The lowest BCUT2D eigenvalue weighted by Gasteiger charge is -2.39. The maximum absolute atomic E-state index is 3.19. The quantitative estimate of drug-likeness (QED) is 0.885. The Bertz CT molecular complexity index is 384. The summed E-state index contributed by atoms with van der Waals surface area (Å²) in [5.41, 5.74) is 3.25. The Hall–Kier alpha value is -1.02. The molecule has 1 aliphatic rings. The average Bonchev–Trinajstić information content (AvgIpc) is 2.39. The molecule has 0 bridgehead atoms. The van der Waals surface area contributed by atoms with Crippen molar-refractivity contribution in [3.05, 3.63) is 29.8 Å². The van der Waals surface area contributed by atoms with Crippen molar-refractivity contribution in [3.63, 3.8) is 0 Å². The molecule has 1 aliphatic carbocycles. The molecule has 1 saturated carbocycles. The van der Waals surface area contributed by atoms with Crippen molar-refractivity contribution in [1.82, 2.24) is 5.32 Å². The van der Waals surface area contributed by atoms with Crippen LogP contribution in [-0.4, -0.2) is 20.1 Å². The van der Waals surface area contributed by atoms with Crippen LogP contribution in [0.15, 0.2) is 24.3 Å². The van der Waals surface area contributed by atoms with Gasteiger partial charge in [-0.05, 0) is 55.8 Å². The number of nitrogens with one attached hydrogen (secondary N) is 1. The lowest BCUT2D eigenvalue weighted by atomic mass is 9.75. The van der Waals surface area contributed by atoms with E-state index in [1.807, 2.05) is 7.05 Å². The van der Waals surface area contributed by atoms with Gasteiger partial charge >= 0.3 is 0 Å². The van der Waals surface area contributed by atoms with E-state index in [0.29, 0.717) is 11.5 Å². The fourth-order valence-electron chi connectivity index (χ4n) is 3.04. The molecule has 0 radical (unpaired) electrons. The fraction of sp³-hybridized carbons (Fsp3) is 0.647. The predicted molar refractivity (Wildman–Crippen MR) is 83.6 cm³/mol. The monoisotopic (exact) mass is 260 g/mol. The Balaban J connectivity index is 1.97. The summed E-state index contributed by atoms with van der Waals surface area (Å²) in [6, 6.07) is 9.69. The summed E-state index contributed by atoms with van der Waals surface area (Å²) in [5, 5.41) is 3.19. The van der Waals surface area contributed by atoms with Crippen LogP contribution < -0.4 is 10.2 Å². The summed E-state index contributed by atoms with van der Waals surface area (Å²) < 4.78 is 0. The molecule has 0 atom stereocenters. The van der Waals surface area contributed by atoms with Gasteiger partial charge in [0.15, 0.2) is 0 Å². The Kier molecular flexibility index (Phi) is 4.51. The van der Waals surface area contributed by atoms with Gasteiger partial charge in [-0.3, -0.25) is 0 Å². The zero-order valence-corrected chi connectivity index (χ0v) is 12.9. The summed E-state index contributed by atoms with van der Waals surface area (Å²) >= 11 is 0.